The van der Waals surface area contributed by atoms with Crippen LogP contribution in [0.1, 0.15) is 54.0 Å². The molecule has 1 aliphatic heterocycles. The van der Waals surface area contributed by atoms with Gasteiger partial charge < -0.3 is 11.1 Å². The van der Waals surface area contributed by atoms with Gasteiger partial charge in [-0.3, -0.25) is 9.79 Å². The maximum atomic E-state index is 13.0. The van der Waals surface area contributed by atoms with Crippen LogP contribution in [0.25, 0.3) is 0 Å². The Morgan fingerprint density at radius 3 is 2.52 bits per heavy atom. The number of hydrogen-bond donors (Lipinski definition) is 2. The standard InChI is InChI=1S/C21H22F3N5O3S/c1-19(2)18(25)29-20(11-33(19,31)32)7-3-4-12-5-6-13(8-14(12)20)28-17(30)15-9-27-16(10-26-15)21(22,23)24/h5-6,8-10H,3-4,7,11H2,1-2H3,(H2,25,29)(H,28,30). The minimum absolute atomic E-state index is 0.0380. The summed E-state index contributed by atoms with van der Waals surface area (Å²) in [5.41, 5.74) is 5.44. The van der Waals surface area contributed by atoms with Crippen molar-refractivity contribution in [3.8, 4) is 0 Å². The Hall–Kier alpha value is -3.02. The molecule has 1 amide bonds. The van der Waals surface area contributed by atoms with E-state index in [4.69, 9.17) is 5.73 Å². The largest absolute Gasteiger partial charge is 0.434 e. The van der Waals surface area contributed by atoms with Crippen LogP contribution in [0.4, 0.5) is 18.9 Å². The molecule has 2 heterocycles. The highest BCUT2D eigenvalue weighted by molar-refractivity contribution is 7.93. The summed E-state index contributed by atoms with van der Waals surface area (Å²) in [5.74, 6) is -0.917. The number of hydrogen-bond acceptors (Lipinski definition) is 7. The van der Waals surface area contributed by atoms with E-state index >= 15 is 0 Å². The number of nitrogens with one attached hydrogen (secondary N) is 1. The fraction of sp³-hybridized carbons (Fsp3) is 0.429. The fourth-order valence-electron chi connectivity index (χ4n) is 4.12. The third kappa shape index (κ3) is 3.96. The summed E-state index contributed by atoms with van der Waals surface area (Å²) in [5, 5.41) is 2.58. The predicted molar refractivity (Wildman–Crippen MR) is 116 cm³/mol. The topological polar surface area (TPSA) is 127 Å². The molecule has 1 atom stereocenters. The Kier molecular flexibility index (Phi) is 5.26. The molecular formula is C21H22F3N5O3S. The first kappa shape index (κ1) is 23.1. The number of rotatable bonds is 2. The van der Waals surface area contributed by atoms with E-state index in [-0.39, 0.29) is 17.3 Å². The van der Waals surface area contributed by atoms with Gasteiger partial charge in [-0.1, -0.05) is 6.07 Å². The van der Waals surface area contributed by atoms with Gasteiger partial charge >= 0.3 is 6.18 Å². The normalized spacial score (nSPS) is 23.5. The quantitative estimate of drug-likeness (QED) is 0.679. The summed E-state index contributed by atoms with van der Waals surface area (Å²) >= 11 is 0. The molecular weight excluding hydrogens is 459 g/mol. The van der Waals surface area contributed by atoms with Gasteiger partial charge in [0.25, 0.3) is 5.91 Å². The first-order valence-corrected chi connectivity index (χ1v) is 11.8. The minimum Gasteiger partial charge on any atom is -0.386 e. The SMILES string of the molecule is CC1(C)C(N)=NC2(CCCc3ccc(NC(=O)c4cnc(C(F)(F)F)cn4)cc32)CS1(=O)=O. The summed E-state index contributed by atoms with van der Waals surface area (Å²) in [4.78, 5) is 23.9. The van der Waals surface area contributed by atoms with E-state index in [1.54, 1.807) is 18.2 Å². The van der Waals surface area contributed by atoms with Crippen LogP contribution in [-0.2, 0) is 28.0 Å². The molecule has 0 saturated heterocycles. The number of nitrogens with zero attached hydrogens (tertiary/aromatic N) is 3. The first-order valence-electron chi connectivity index (χ1n) is 10.2. The maximum absolute atomic E-state index is 13.0. The van der Waals surface area contributed by atoms with Crippen LogP contribution >= 0.6 is 0 Å². The van der Waals surface area contributed by atoms with Gasteiger partial charge in [-0.15, -0.1) is 0 Å². The second kappa shape index (κ2) is 7.51. The average molecular weight is 482 g/mol. The van der Waals surface area contributed by atoms with Crippen LogP contribution in [0.2, 0.25) is 0 Å². The number of amides is 1. The van der Waals surface area contributed by atoms with Gasteiger partial charge in [0.2, 0.25) is 0 Å². The number of nitrogens with two attached hydrogens (primary N) is 1. The molecule has 4 rings (SSSR count). The molecule has 12 heteroatoms. The van der Waals surface area contributed by atoms with Crippen molar-refractivity contribution in [1.82, 2.24) is 9.97 Å². The molecule has 3 N–H and O–H groups in total. The van der Waals surface area contributed by atoms with Crippen molar-refractivity contribution in [1.29, 1.82) is 0 Å². The van der Waals surface area contributed by atoms with Crippen molar-refractivity contribution in [3.63, 3.8) is 0 Å². The zero-order chi connectivity index (χ0) is 24.2. The van der Waals surface area contributed by atoms with Crippen LogP contribution in [-0.4, -0.2) is 40.6 Å². The van der Waals surface area contributed by atoms with Crippen molar-refractivity contribution in [2.45, 2.75) is 49.6 Å². The number of anilines is 1. The smallest absolute Gasteiger partial charge is 0.386 e. The number of alkyl halides is 3. The van der Waals surface area contributed by atoms with E-state index in [9.17, 15) is 26.4 Å². The van der Waals surface area contributed by atoms with Gasteiger partial charge in [-0.2, -0.15) is 13.2 Å². The number of amidine groups is 1. The Labute approximate surface area is 188 Å². The number of aromatic nitrogens is 2. The summed E-state index contributed by atoms with van der Waals surface area (Å²) in [6.45, 7) is 3.05. The van der Waals surface area contributed by atoms with E-state index in [1.165, 1.54) is 13.8 Å². The first-order chi connectivity index (χ1) is 15.3. The number of sulfone groups is 1. The number of benzene rings is 1. The van der Waals surface area contributed by atoms with E-state index in [0.29, 0.717) is 30.3 Å². The molecule has 1 aliphatic carbocycles. The molecule has 1 spiro atoms. The molecule has 1 unspecified atom stereocenters. The lowest BCUT2D eigenvalue weighted by atomic mass is 9.77. The van der Waals surface area contributed by atoms with Crippen molar-refractivity contribution >= 4 is 27.3 Å². The molecule has 2 aromatic rings. The predicted octanol–water partition coefficient (Wildman–Crippen LogP) is 2.84. The van der Waals surface area contributed by atoms with Gasteiger partial charge in [-0.25, -0.2) is 18.4 Å². The van der Waals surface area contributed by atoms with Gasteiger partial charge in [0.1, 0.15) is 21.8 Å². The zero-order valence-corrected chi connectivity index (χ0v) is 18.7. The highest BCUT2D eigenvalue weighted by atomic mass is 32.2. The Morgan fingerprint density at radius 1 is 1.18 bits per heavy atom. The lowest BCUT2D eigenvalue weighted by Crippen LogP contribution is -2.56. The molecule has 2 aliphatic rings. The van der Waals surface area contributed by atoms with Gasteiger partial charge in [0.15, 0.2) is 15.5 Å². The Morgan fingerprint density at radius 2 is 1.91 bits per heavy atom. The lowest BCUT2D eigenvalue weighted by molar-refractivity contribution is -0.141. The molecule has 33 heavy (non-hydrogen) atoms. The van der Waals surface area contributed by atoms with Crippen LogP contribution in [0.15, 0.2) is 35.6 Å². The maximum Gasteiger partial charge on any atom is 0.434 e. The van der Waals surface area contributed by atoms with E-state index < -0.39 is 37.9 Å². The summed E-state index contributed by atoms with van der Waals surface area (Å²) < 4.78 is 62.8. The Balaban J connectivity index is 1.67. The molecule has 176 valence electrons. The summed E-state index contributed by atoms with van der Waals surface area (Å²) in [7, 11) is -3.61. The van der Waals surface area contributed by atoms with E-state index in [2.05, 4.69) is 20.3 Å². The second-order valence-electron chi connectivity index (χ2n) is 8.76. The molecule has 1 aromatic heterocycles. The lowest BCUT2D eigenvalue weighted by Gasteiger charge is -2.43. The number of fused-ring (bicyclic) bond motifs is 2. The van der Waals surface area contributed by atoms with Crippen molar-refractivity contribution in [3.05, 3.63) is 53.1 Å². The molecule has 8 nitrogen and oxygen atoms in total. The summed E-state index contributed by atoms with van der Waals surface area (Å²) in [6, 6.07) is 5.07. The van der Waals surface area contributed by atoms with Crippen LogP contribution in [0.5, 0.6) is 0 Å². The number of aryl methyl sites for hydroxylation is 1. The number of aliphatic imine (C=N–C) groups is 1. The number of halogens is 3. The third-order valence-corrected chi connectivity index (χ3v) is 8.86. The van der Waals surface area contributed by atoms with Crippen LogP contribution < -0.4 is 11.1 Å². The van der Waals surface area contributed by atoms with E-state index in [1.807, 2.05) is 0 Å². The van der Waals surface area contributed by atoms with Crippen molar-refractivity contribution in [2.75, 3.05) is 11.1 Å². The number of carbonyl (C=O) groups excluding carboxylic acids is 1. The van der Waals surface area contributed by atoms with Gasteiger partial charge in [0.05, 0.1) is 18.1 Å². The molecule has 0 saturated carbocycles. The van der Waals surface area contributed by atoms with Crippen LogP contribution in [0, 0.1) is 0 Å². The minimum atomic E-state index is -4.66. The van der Waals surface area contributed by atoms with Crippen LogP contribution in [0.3, 0.4) is 0 Å². The molecule has 0 bridgehead atoms. The molecule has 0 radical (unpaired) electrons. The van der Waals surface area contributed by atoms with E-state index in [0.717, 1.165) is 18.2 Å². The van der Waals surface area contributed by atoms with Gasteiger partial charge in [-0.05, 0) is 56.4 Å². The van der Waals surface area contributed by atoms with Crippen molar-refractivity contribution < 1.29 is 26.4 Å². The number of carbonyl (C=O) groups is 1. The Bertz CT molecular complexity index is 1260. The van der Waals surface area contributed by atoms with Gasteiger partial charge in [0, 0.05) is 5.69 Å². The highest BCUT2D eigenvalue weighted by Crippen LogP contribution is 2.45. The second-order valence-corrected chi connectivity index (χ2v) is 11.3. The summed E-state index contributed by atoms with van der Waals surface area (Å²) in [6.07, 6.45) is -1.49. The highest BCUT2D eigenvalue weighted by Gasteiger charge is 2.51. The molecule has 1 aromatic carbocycles. The fourth-order valence-corrected chi connectivity index (χ4v) is 5.83. The zero-order valence-electron chi connectivity index (χ0n) is 17.9. The average Bonchev–Trinajstić information content (AvgIpc) is 2.72. The third-order valence-electron chi connectivity index (χ3n) is 6.24. The molecule has 0 fully saturated rings. The van der Waals surface area contributed by atoms with Crippen molar-refractivity contribution in [2.24, 2.45) is 10.7 Å². The monoisotopic (exact) mass is 481 g/mol.